The number of hydrogen-bond donors (Lipinski definition) is 1. The van der Waals surface area contributed by atoms with Crippen LogP contribution in [0, 0.1) is 11.3 Å². The quantitative estimate of drug-likeness (QED) is 0.610. The van der Waals surface area contributed by atoms with Gasteiger partial charge in [0.15, 0.2) is 0 Å². The number of nitrogens with zero attached hydrogens (tertiary/aromatic N) is 1. The van der Waals surface area contributed by atoms with E-state index in [0.29, 0.717) is 12.8 Å². The molecule has 2 heterocycles. The van der Waals surface area contributed by atoms with Crippen molar-refractivity contribution in [2.24, 2.45) is 11.3 Å². The highest BCUT2D eigenvalue weighted by Crippen LogP contribution is 2.34. The Morgan fingerprint density at radius 1 is 1.12 bits per heavy atom. The molecule has 1 amide bonds. The van der Waals surface area contributed by atoms with E-state index in [1.54, 1.807) is 6.92 Å². The van der Waals surface area contributed by atoms with Crippen LogP contribution in [0.2, 0.25) is 0 Å². The second-order valence-corrected chi connectivity index (χ2v) is 11.1. The van der Waals surface area contributed by atoms with Gasteiger partial charge in [-0.05, 0) is 42.9 Å². The lowest BCUT2D eigenvalue weighted by atomic mass is 9.81. The smallest absolute Gasteiger partial charge is 0.374 e. The fourth-order valence-corrected chi connectivity index (χ4v) is 5.34. The monoisotopic (exact) mass is 476 g/mol. The Labute approximate surface area is 195 Å². The first-order valence-electron chi connectivity index (χ1n) is 11.2. The third-order valence-electron chi connectivity index (χ3n) is 5.76. The molecule has 1 N–H and O–H groups in total. The van der Waals surface area contributed by atoms with Crippen molar-refractivity contribution in [1.29, 1.82) is 0 Å². The average molecular weight is 477 g/mol. The van der Waals surface area contributed by atoms with E-state index in [0.717, 1.165) is 5.56 Å². The van der Waals surface area contributed by atoms with Crippen LogP contribution in [-0.2, 0) is 19.6 Å². The molecule has 1 aliphatic rings. The number of ether oxygens (including phenoxy) is 1. The number of furan rings is 1. The topological polar surface area (TPSA) is 106 Å². The van der Waals surface area contributed by atoms with Gasteiger partial charge >= 0.3 is 5.97 Å². The molecule has 0 spiro atoms. The highest BCUT2D eigenvalue weighted by Gasteiger charge is 2.36. The van der Waals surface area contributed by atoms with Gasteiger partial charge in [0.05, 0.1) is 12.6 Å². The Morgan fingerprint density at radius 2 is 1.76 bits per heavy atom. The molecule has 1 unspecified atom stereocenters. The molecule has 2 aromatic rings. The van der Waals surface area contributed by atoms with Crippen LogP contribution in [0.25, 0.3) is 0 Å². The van der Waals surface area contributed by atoms with Gasteiger partial charge in [0.1, 0.15) is 0 Å². The van der Waals surface area contributed by atoms with Crippen molar-refractivity contribution in [2.75, 3.05) is 19.7 Å². The van der Waals surface area contributed by atoms with Crippen molar-refractivity contribution in [3.8, 4) is 0 Å². The minimum Gasteiger partial charge on any atom is -0.460 e. The summed E-state index contributed by atoms with van der Waals surface area (Å²) in [7, 11) is -3.90. The molecule has 9 heteroatoms. The minimum atomic E-state index is -3.90. The zero-order valence-electron chi connectivity index (χ0n) is 19.5. The zero-order valence-corrected chi connectivity index (χ0v) is 20.4. The number of rotatable bonds is 7. The first-order chi connectivity index (χ1) is 15.5. The molecule has 3 rings (SSSR count). The first kappa shape index (κ1) is 25.0. The molecule has 1 saturated heterocycles. The van der Waals surface area contributed by atoms with E-state index in [4.69, 9.17) is 9.15 Å². The summed E-state index contributed by atoms with van der Waals surface area (Å²) in [5, 5.41) is 2.88. The van der Waals surface area contributed by atoms with Crippen LogP contribution in [0.15, 0.2) is 52.0 Å². The number of hydrogen-bond acceptors (Lipinski definition) is 6. The largest absolute Gasteiger partial charge is 0.460 e. The number of amides is 1. The van der Waals surface area contributed by atoms with Crippen LogP contribution in [-0.4, -0.2) is 44.3 Å². The fourth-order valence-electron chi connectivity index (χ4n) is 3.96. The molecule has 1 aromatic carbocycles. The van der Waals surface area contributed by atoms with E-state index in [1.165, 1.54) is 16.4 Å². The molecule has 1 aromatic heterocycles. The predicted molar refractivity (Wildman–Crippen MR) is 123 cm³/mol. The van der Waals surface area contributed by atoms with E-state index in [-0.39, 0.29) is 53.8 Å². The number of piperidine rings is 1. The Kier molecular flexibility index (Phi) is 7.64. The molecule has 0 saturated carbocycles. The number of sulfonamides is 1. The highest BCUT2D eigenvalue weighted by molar-refractivity contribution is 7.89. The van der Waals surface area contributed by atoms with Gasteiger partial charge in [-0.3, -0.25) is 4.79 Å². The van der Waals surface area contributed by atoms with Gasteiger partial charge in [-0.15, -0.1) is 0 Å². The first-order valence-corrected chi connectivity index (χ1v) is 12.6. The van der Waals surface area contributed by atoms with Gasteiger partial charge in [0.2, 0.25) is 16.8 Å². The summed E-state index contributed by atoms with van der Waals surface area (Å²) in [4.78, 5) is 24.8. The Balaban J connectivity index is 1.64. The second kappa shape index (κ2) is 10.1. The van der Waals surface area contributed by atoms with E-state index >= 15 is 0 Å². The van der Waals surface area contributed by atoms with E-state index < -0.39 is 16.0 Å². The number of esters is 1. The lowest BCUT2D eigenvalue weighted by Crippen LogP contribution is -2.45. The van der Waals surface area contributed by atoms with Crippen LogP contribution < -0.4 is 5.32 Å². The van der Waals surface area contributed by atoms with E-state index in [9.17, 15) is 18.0 Å². The Hall–Kier alpha value is -2.65. The van der Waals surface area contributed by atoms with Gasteiger partial charge in [-0.2, -0.15) is 4.31 Å². The molecule has 8 nitrogen and oxygen atoms in total. The van der Waals surface area contributed by atoms with Gasteiger partial charge < -0.3 is 14.5 Å². The van der Waals surface area contributed by atoms with Crippen molar-refractivity contribution in [3.63, 3.8) is 0 Å². The van der Waals surface area contributed by atoms with Crippen LogP contribution in [0.5, 0.6) is 0 Å². The van der Waals surface area contributed by atoms with Crippen molar-refractivity contribution < 1.29 is 27.2 Å². The fraction of sp³-hybridized carbons (Fsp3) is 0.500. The van der Waals surface area contributed by atoms with Crippen LogP contribution in [0.3, 0.4) is 0 Å². The van der Waals surface area contributed by atoms with Gasteiger partial charge in [-0.1, -0.05) is 51.1 Å². The third-order valence-corrected chi connectivity index (χ3v) is 7.54. The minimum absolute atomic E-state index is 0.0709. The zero-order chi connectivity index (χ0) is 24.2. The summed E-state index contributed by atoms with van der Waals surface area (Å²) in [6, 6.07) is 12.2. The SMILES string of the molecule is CCOC(=O)c1ccc(S(=O)(=O)N2CCC(C(=O)NC(c3ccccc3)C(C)(C)C)CC2)o1. The number of carbonyl (C=O) groups excluding carboxylic acids is 2. The van der Waals surface area contributed by atoms with Gasteiger partial charge in [0, 0.05) is 19.0 Å². The maximum absolute atomic E-state index is 13.0. The van der Waals surface area contributed by atoms with Crippen molar-refractivity contribution in [3.05, 3.63) is 53.8 Å². The second-order valence-electron chi connectivity index (χ2n) is 9.24. The number of nitrogens with one attached hydrogen (secondary N) is 1. The molecule has 0 radical (unpaired) electrons. The number of carbonyl (C=O) groups is 2. The van der Waals surface area contributed by atoms with E-state index in [2.05, 4.69) is 26.1 Å². The molecule has 180 valence electrons. The molecular weight excluding hydrogens is 444 g/mol. The lowest BCUT2D eigenvalue weighted by molar-refractivity contribution is -0.127. The summed E-state index contributed by atoms with van der Waals surface area (Å²) in [6.07, 6.45) is 0.810. The third kappa shape index (κ3) is 5.83. The predicted octanol–water partition coefficient (Wildman–Crippen LogP) is 3.76. The molecule has 1 aliphatic heterocycles. The van der Waals surface area contributed by atoms with Crippen LogP contribution in [0.1, 0.15) is 62.7 Å². The molecule has 1 fully saturated rings. The summed E-state index contributed by atoms with van der Waals surface area (Å²) in [5.41, 5.74) is 0.852. The summed E-state index contributed by atoms with van der Waals surface area (Å²) in [5.74, 6) is -1.21. The standard InChI is InChI=1S/C24H32N2O6S/c1-5-31-23(28)19-11-12-20(32-19)33(29,30)26-15-13-18(14-16-26)22(27)25-21(24(2,3)4)17-9-7-6-8-10-17/h6-12,18,21H,5,13-16H2,1-4H3,(H,25,27). The maximum atomic E-state index is 13.0. The number of benzene rings is 1. The van der Waals surface area contributed by atoms with E-state index in [1.807, 2.05) is 30.3 Å². The summed E-state index contributed by atoms with van der Waals surface area (Å²) < 4.78 is 37.2. The Morgan fingerprint density at radius 3 is 2.33 bits per heavy atom. The van der Waals surface area contributed by atoms with Crippen molar-refractivity contribution >= 4 is 21.9 Å². The summed E-state index contributed by atoms with van der Waals surface area (Å²) >= 11 is 0. The van der Waals surface area contributed by atoms with Crippen LogP contribution >= 0.6 is 0 Å². The molecule has 33 heavy (non-hydrogen) atoms. The maximum Gasteiger partial charge on any atom is 0.374 e. The van der Waals surface area contributed by atoms with Crippen LogP contribution in [0.4, 0.5) is 0 Å². The van der Waals surface area contributed by atoms with Crippen molar-refractivity contribution in [1.82, 2.24) is 9.62 Å². The highest BCUT2D eigenvalue weighted by atomic mass is 32.2. The van der Waals surface area contributed by atoms with Gasteiger partial charge in [0.25, 0.3) is 10.0 Å². The summed E-state index contributed by atoms with van der Waals surface area (Å²) in [6.45, 7) is 8.44. The molecule has 1 atom stereocenters. The molecule has 0 bridgehead atoms. The van der Waals surface area contributed by atoms with Gasteiger partial charge in [-0.25, -0.2) is 13.2 Å². The van der Waals surface area contributed by atoms with Crippen molar-refractivity contribution in [2.45, 2.75) is 51.7 Å². The lowest BCUT2D eigenvalue weighted by Gasteiger charge is -2.35. The Bertz CT molecular complexity index is 1060. The molecule has 0 aliphatic carbocycles. The molecular formula is C24H32N2O6S. The average Bonchev–Trinajstić information content (AvgIpc) is 3.29. The normalized spacial score (nSPS) is 16.8.